The number of esters is 1. The lowest BCUT2D eigenvalue weighted by Crippen LogP contribution is -2.62. The summed E-state index contributed by atoms with van der Waals surface area (Å²) in [5, 5.41) is 72.4. The summed E-state index contributed by atoms with van der Waals surface area (Å²) in [5.74, 6) is -1.81. The van der Waals surface area contributed by atoms with Crippen LogP contribution in [-0.4, -0.2) is 122 Å². The summed E-state index contributed by atoms with van der Waals surface area (Å²) in [4.78, 5) is 12.2. The SMILES string of the molecule is COc1cc(C=CC(=O)OC[C@H]2O[C@@H](O[C@@H]3OC=C[C@@]4(O)[C@H](O)[C@@H]5O[C@]5(CO)[C@@H]34)[C@H](O)[C@@H](O)[C@@H]2O)ccc1O. The Hall–Kier alpha value is -2.79. The summed E-state index contributed by atoms with van der Waals surface area (Å²) in [6.45, 7) is -1.09. The molecule has 1 aliphatic carbocycles. The second kappa shape index (κ2) is 10.3. The second-order valence-corrected chi connectivity index (χ2v) is 9.81. The molecule has 0 bridgehead atoms. The number of methoxy groups -OCH3 is 1. The number of benzene rings is 1. The Balaban J connectivity index is 1.23. The Morgan fingerprint density at radius 1 is 1.13 bits per heavy atom. The number of carbonyl (C=O) groups is 1. The molecule has 1 saturated carbocycles. The van der Waals surface area contributed by atoms with Gasteiger partial charge in [-0.2, -0.15) is 0 Å². The molecular formula is C25H30O14. The quantitative estimate of drug-likeness (QED) is 0.100. The maximum Gasteiger partial charge on any atom is 0.330 e. The number of aliphatic hydroxyl groups excluding tert-OH is 5. The van der Waals surface area contributed by atoms with E-state index in [1.54, 1.807) is 0 Å². The van der Waals surface area contributed by atoms with Gasteiger partial charge in [-0.05, 0) is 29.8 Å². The predicted octanol–water partition coefficient (Wildman–Crippen LogP) is -2.50. The Kier molecular flexibility index (Phi) is 7.34. The number of carbonyl (C=O) groups excluding carboxylic acids is 1. The summed E-state index contributed by atoms with van der Waals surface area (Å²) in [5.41, 5.74) is -2.69. The molecule has 0 amide bonds. The fraction of sp³-hybridized carbons (Fsp3) is 0.560. The van der Waals surface area contributed by atoms with E-state index in [-0.39, 0.29) is 11.5 Å². The van der Waals surface area contributed by atoms with E-state index in [4.69, 9.17) is 28.4 Å². The van der Waals surface area contributed by atoms with Gasteiger partial charge < -0.3 is 64.2 Å². The van der Waals surface area contributed by atoms with Gasteiger partial charge in [-0.25, -0.2) is 4.79 Å². The molecule has 3 fully saturated rings. The van der Waals surface area contributed by atoms with Crippen molar-refractivity contribution < 1.29 is 69.0 Å². The second-order valence-electron chi connectivity index (χ2n) is 9.81. The Bertz CT molecular complexity index is 1140. The van der Waals surface area contributed by atoms with Crippen molar-refractivity contribution in [2.45, 2.75) is 60.4 Å². The van der Waals surface area contributed by atoms with Crippen LogP contribution in [0.2, 0.25) is 0 Å². The van der Waals surface area contributed by atoms with E-state index < -0.39 is 85.5 Å². The van der Waals surface area contributed by atoms with Crippen LogP contribution in [0.5, 0.6) is 11.5 Å². The Labute approximate surface area is 221 Å². The monoisotopic (exact) mass is 554 g/mol. The average molecular weight is 555 g/mol. The van der Waals surface area contributed by atoms with Crippen LogP contribution in [0.1, 0.15) is 5.56 Å². The lowest BCUT2D eigenvalue weighted by Gasteiger charge is -2.45. The zero-order valence-corrected chi connectivity index (χ0v) is 20.6. The van der Waals surface area contributed by atoms with E-state index in [9.17, 15) is 40.5 Å². The van der Waals surface area contributed by atoms with E-state index in [2.05, 4.69) is 0 Å². The molecular weight excluding hydrogens is 524 g/mol. The number of aliphatic hydroxyl groups is 6. The molecule has 1 aromatic carbocycles. The first-order valence-corrected chi connectivity index (χ1v) is 12.1. The van der Waals surface area contributed by atoms with E-state index in [1.807, 2.05) is 0 Å². The van der Waals surface area contributed by atoms with E-state index in [0.29, 0.717) is 5.56 Å². The molecule has 11 atom stereocenters. The molecule has 1 aromatic rings. The van der Waals surface area contributed by atoms with Crippen molar-refractivity contribution in [3.05, 3.63) is 42.2 Å². The molecule has 4 aliphatic rings. The number of fused-ring (bicyclic) bond motifs is 3. The molecule has 2 saturated heterocycles. The van der Waals surface area contributed by atoms with Crippen LogP contribution in [0.25, 0.3) is 6.08 Å². The molecule has 0 unspecified atom stereocenters. The number of hydrogen-bond acceptors (Lipinski definition) is 14. The highest BCUT2D eigenvalue weighted by atomic mass is 16.8. The van der Waals surface area contributed by atoms with Crippen molar-refractivity contribution in [2.24, 2.45) is 5.92 Å². The van der Waals surface area contributed by atoms with Crippen LogP contribution in [0.15, 0.2) is 36.6 Å². The van der Waals surface area contributed by atoms with Gasteiger partial charge in [0, 0.05) is 6.08 Å². The first-order valence-electron chi connectivity index (χ1n) is 12.1. The highest BCUT2D eigenvalue weighted by Crippen LogP contribution is 2.61. The van der Waals surface area contributed by atoms with Gasteiger partial charge in [0.25, 0.3) is 0 Å². The first-order chi connectivity index (χ1) is 18.6. The van der Waals surface area contributed by atoms with Crippen molar-refractivity contribution in [2.75, 3.05) is 20.3 Å². The Morgan fingerprint density at radius 2 is 1.90 bits per heavy atom. The fourth-order valence-electron chi connectivity index (χ4n) is 5.37. The van der Waals surface area contributed by atoms with E-state index in [0.717, 1.165) is 12.3 Å². The van der Waals surface area contributed by atoms with Crippen molar-refractivity contribution in [1.29, 1.82) is 0 Å². The van der Waals surface area contributed by atoms with Gasteiger partial charge >= 0.3 is 5.97 Å². The third-order valence-electron chi connectivity index (χ3n) is 7.57. The van der Waals surface area contributed by atoms with E-state index >= 15 is 0 Å². The predicted molar refractivity (Wildman–Crippen MR) is 126 cm³/mol. The molecule has 0 spiro atoms. The van der Waals surface area contributed by atoms with Gasteiger partial charge in [0.15, 0.2) is 17.8 Å². The maximum atomic E-state index is 12.2. The van der Waals surface area contributed by atoms with Gasteiger partial charge in [-0.3, -0.25) is 0 Å². The summed E-state index contributed by atoms with van der Waals surface area (Å²) >= 11 is 0. The highest BCUT2D eigenvalue weighted by Gasteiger charge is 2.81. The minimum atomic E-state index is -1.87. The number of hydrogen-bond donors (Lipinski definition) is 7. The molecule has 0 radical (unpaired) electrons. The van der Waals surface area contributed by atoms with Crippen molar-refractivity contribution in [3.63, 3.8) is 0 Å². The number of epoxide rings is 1. The van der Waals surface area contributed by atoms with Gasteiger partial charge in [0.2, 0.25) is 6.29 Å². The molecule has 14 heteroatoms. The van der Waals surface area contributed by atoms with Crippen molar-refractivity contribution in [3.8, 4) is 11.5 Å². The number of phenolic OH excluding ortho intramolecular Hbond substituents is 1. The number of ether oxygens (including phenoxy) is 6. The average Bonchev–Trinajstić information content (AvgIpc) is 3.62. The van der Waals surface area contributed by atoms with Gasteiger partial charge in [-0.1, -0.05) is 6.07 Å². The van der Waals surface area contributed by atoms with Gasteiger partial charge in [0.05, 0.1) is 25.9 Å². The summed E-state index contributed by atoms with van der Waals surface area (Å²) in [6, 6.07) is 4.42. The summed E-state index contributed by atoms with van der Waals surface area (Å²) < 4.78 is 32.3. The van der Waals surface area contributed by atoms with Gasteiger partial charge in [0.1, 0.15) is 54.4 Å². The lowest BCUT2D eigenvalue weighted by molar-refractivity contribution is -0.350. The summed E-state index contributed by atoms with van der Waals surface area (Å²) in [7, 11) is 1.38. The fourth-order valence-corrected chi connectivity index (χ4v) is 5.37. The van der Waals surface area contributed by atoms with Crippen LogP contribution in [0.4, 0.5) is 0 Å². The molecule has 3 aliphatic heterocycles. The molecule has 0 aromatic heterocycles. The minimum Gasteiger partial charge on any atom is -0.504 e. The highest BCUT2D eigenvalue weighted by molar-refractivity contribution is 5.87. The van der Waals surface area contributed by atoms with Crippen LogP contribution < -0.4 is 4.74 Å². The topological polar surface area (TPSA) is 217 Å². The van der Waals surface area contributed by atoms with Gasteiger partial charge in [-0.15, -0.1) is 0 Å². The number of rotatable bonds is 8. The molecule has 7 N–H and O–H groups in total. The van der Waals surface area contributed by atoms with Crippen molar-refractivity contribution >= 4 is 12.0 Å². The standard InChI is InChI=1S/C25H30O14/c1-34-13-8-11(2-4-12(13)27)3-5-15(28)36-9-14-16(29)17(30)18(31)22(37-14)38-23-19-24(33,6-7-35-23)20(32)21-25(19,10-26)39-21/h2-8,14,16-23,26-27,29-33H,9-10H2,1H3/t14-,16-,17+,18-,19+,20-,21+,22+,23+,24+,25-/m1/s1. The van der Waals surface area contributed by atoms with Crippen LogP contribution in [0, 0.1) is 5.92 Å². The smallest absolute Gasteiger partial charge is 0.330 e. The Morgan fingerprint density at radius 3 is 2.62 bits per heavy atom. The third kappa shape index (κ3) is 4.67. The number of aromatic hydroxyl groups is 1. The molecule has 14 nitrogen and oxygen atoms in total. The van der Waals surface area contributed by atoms with Crippen LogP contribution >= 0.6 is 0 Å². The first kappa shape index (κ1) is 27.8. The maximum absolute atomic E-state index is 12.2. The molecule has 5 rings (SSSR count). The molecule has 214 valence electrons. The molecule has 3 heterocycles. The lowest BCUT2D eigenvalue weighted by atomic mass is 9.81. The normalized spacial score (nSPS) is 42.5. The molecule has 39 heavy (non-hydrogen) atoms. The minimum absolute atomic E-state index is 0.0716. The van der Waals surface area contributed by atoms with E-state index in [1.165, 1.54) is 37.5 Å². The van der Waals surface area contributed by atoms with Crippen LogP contribution in [0.3, 0.4) is 0 Å². The number of phenols is 1. The third-order valence-corrected chi connectivity index (χ3v) is 7.57. The van der Waals surface area contributed by atoms with Crippen molar-refractivity contribution in [1.82, 2.24) is 0 Å². The van der Waals surface area contributed by atoms with Crippen LogP contribution in [-0.2, 0) is 28.5 Å². The zero-order valence-electron chi connectivity index (χ0n) is 20.6. The zero-order chi connectivity index (χ0) is 28.1. The largest absolute Gasteiger partial charge is 0.504 e. The summed E-state index contributed by atoms with van der Waals surface area (Å²) in [6.07, 6.45) is -7.00.